The van der Waals surface area contributed by atoms with Crippen LogP contribution >= 0.6 is 0 Å². The second-order valence-electron chi connectivity index (χ2n) is 12.1. The van der Waals surface area contributed by atoms with Crippen molar-refractivity contribution in [2.75, 3.05) is 0 Å². The van der Waals surface area contributed by atoms with Crippen molar-refractivity contribution in [2.45, 2.75) is 96.3 Å². The van der Waals surface area contributed by atoms with Crippen molar-refractivity contribution in [1.29, 1.82) is 0 Å². The lowest BCUT2D eigenvalue weighted by atomic mass is 9.69. The van der Waals surface area contributed by atoms with Gasteiger partial charge in [0.25, 0.3) is 0 Å². The molecule has 2 fully saturated rings. The molecule has 0 unspecified atom stereocenters. The van der Waals surface area contributed by atoms with E-state index in [4.69, 9.17) is 18.6 Å². The Bertz CT molecular complexity index is 1030. The lowest BCUT2D eigenvalue weighted by Crippen LogP contribution is -2.44. The zero-order valence-corrected chi connectivity index (χ0v) is 22.5. The van der Waals surface area contributed by atoms with E-state index in [1.807, 2.05) is 55.4 Å². The number of hydrogen-bond donors (Lipinski definition) is 0. The molecule has 36 heavy (non-hydrogen) atoms. The van der Waals surface area contributed by atoms with Gasteiger partial charge in [-0.3, -0.25) is 0 Å². The van der Waals surface area contributed by atoms with Gasteiger partial charge in [0.1, 0.15) is 5.41 Å². The van der Waals surface area contributed by atoms with Gasteiger partial charge in [-0.2, -0.15) is 13.2 Å². The molecule has 0 amide bonds. The van der Waals surface area contributed by atoms with Crippen LogP contribution in [0.3, 0.4) is 0 Å². The summed E-state index contributed by atoms with van der Waals surface area (Å²) in [4.78, 5) is 0. The van der Waals surface area contributed by atoms with Gasteiger partial charge in [-0.1, -0.05) is 48.5 Å². The first kappa shape index (κ1) is 27.2. The second-order valence-corrected chi connectivity index (χ2v) is 12.1. The van der Waals surface area contributed by atoms with Crippen LogP contribution in [0.5, 0.6) is 0 Å². The molecule has 0 N–H and O–H groups in total. The van der Waals surface area contributed by atoms with E-state index >= 15 is 0 Å². The molecular weight excluding hydrogens is 467 g/mol. The highest BCUT2D eigenvalue weighted by molar-refractivity contribution is 6.62. The smallest absolute Gasteiger partial charge is 0.399 e. The molecule has 2 aliphatic heterocycles. The van der Waals surface area contributed by atoms with E-state index in [0.29, 0.717) is 10.9 Å². The van der Waals surface area contributed by atoms with E-state index in [1.165, 1.54) is 31.2 Å². The summed E-state index contributed by atoms with van der Waals surface area (Å²) in [6, 6.07) is 12.8. The van der Waals surface area contributed by atoms with E-state index in [1.54, 1.807) is 24.3 Å². The fraction of sp³-hybridized carbons (Fsp3) is 0.556. The molecular formula is C27H35B2F3O4. The molecule has 0 saturated carbocycles. The maximum atomic E-state index is 14.9. The fourth-order valence-corrected chi connectivity index (χ4v) is 4.44. The molecule has 0 radical (unpaired) electrons. The quantitative estimate of drug-likeness (QED) is 0.542. The third-order valence-electron chi connectivity index (χ3n) is 8.55. The summed E-state index contributed by atoms with van der Waals surface area (Å²) in [5, 5.41) is 0. The first-order valence-electron chi connectivity index (χ1n) is 12.3. The monoisotopic (exact) mass is 502 g/mol. The molecule has 0 aliphatic carbocycles. The average Bonchev–Trinajstić information content (AvgIpc) is 3.12. The lowest BCUT2D eigenvalue weighted by Gasteiger charge is -2.34. The van der Waals surface area contributed by atoms with Crippen LogP contribution in [0.2, 0.25) is 0 Å². The molecule has 4 rings (SSSR count). The Morgan fingerprint density at radius 1 is 0.583 bits per heavy atom. The molecule has 2 heterocycles. The minimum absolute atomic E-state index is 0.105. The standard InChI is InChI=1S/C27H35B2F3O4/c1-22(2)23(3,4)34-28(33-22)20-14-10-12-18(16-20)26(9,27(30,31)32)19-13-11-15-21(17-19)29-35-24(5,6)25(7,8)36-29/h10-17H,1-9H3. The molecule has 4 nitrogen and oxygen atoms in total. The van der Waals surface area contributed by atoms with Gasteiger partial charge in [-0.15, -0.1) is 0 Å². The number of halogens is 3. The molecule has 2 aromatic rings. The maximum Gasteiger partial charge on any atom is 0.494 e. The van der Waals surface area contributed by atoms with Gasteiger partial charge < -0.3 is 18.6 Å². The highest BCUT2D eigenvalue weighted by atomic mass is 19.4. The van der Waals surface area contributed by atoms with Crippen LogP contribution in [0, 0.1) is 0 Å². The predicted molar refractivity (Wildman–Crippen MR) is 137 cm³/mol. The van der Waals surface area contributed by atoms with E-state index in [0.717, 1.165) is 0 Å². The highest BCUT2D eigenvalue weighted by Gasteiger charge is 2.56. The SMILES string of the molecule is CC1(C)OB(c2cccc(C(C)(c3cccc(B4OC(C)(C)C(C)(C)O4)c3)C(F)(F)F)c2)OC1(C)C. The van der Waals surface area contributed by atoms with Crippen molar-refractivity contribution in [3.05, 3.63) is 59.7 Å². The van der Waals surface area contributed by atoms with Crippen molar-refractivity contribution in [1.82, 2.24) is 0 Å². The Kier molecular flexibility index (Phi) is 6.32. The Balaban J connectivity index is 1.75. The van der Waals surface area contributed by atoms with Crippen LogP contribution in [-0.4, -0.2) is 42.8 Å². The summed E-state index contributed by atoms with van der Waals surface area (Å²) in [6.45, 7) is 16.5. The summed E-state index contributed by atoms with van der Waals surface area (Å²) in [6.07, 6.45) is -4.57. The molecule has 0 aromatic heterocycles. The lowest BCUT2D eigenvalue weighted by molar-refractivity contribution is -0.173. The summed E-state index contributed by atoms with van der Waals surface area (Å²) in [5.41, 5.74) is -3.38. The van der Waals surface area contributed by atoms with Crippen LogP contribution < -0.4 is 10.9 Å². The van der Waals surface area contributed by atoms with Crippen molar-refractivity contribution >= 4 is 25.2 Å². The Morgan fingerprint density at radius 2 is 0.889 bits per heavy atom. The Labute approximate surface area is 213 Å². The first-order chi connectivity index (χ1) is 16.3. The molecule has 194 valence electrons. The minimum atomic E-state index is -4.57. The predicted octanol–water partition coefficient (Wildman–Crippen LogP) is 5.15. The molecule has 0 atom stereocenters. The minimum Gasteiger partial charge on any atom is -0.399 e. The molecule has 2 saturated heterocycles. The van der Waals surface area contributed by atoms with Crippen LogP contribution in [-0.2, 0) is 24.0 Å². The van der Waals surface area contributed by atoms with Gasteiger partial charge in [0, 0.05) is 0 Å². The van der Waals surface area contributed by atoms with Crippen molar-refractivity contribution in [2.24, 2.45) is 0 Å². The van der Waals surface area contributed by atoms with Crippen molar-refractivity contribution in [3.63, 3.8) is 0 Å². The maximum absolute atomic E-state index is 14.9. The first-order valence-corrected chi connectivity index (χ1v) is 12.3. The summed E-state index contributed by atoms with van der Waals surface area (Å²) >= 11 is 0. The van der Waals surface area contributed by atoms with Crippen LogP contribution in [0.25, 0.3) is 0 Å². The average molecular weight is 502 g/mol. The van der Waals surface area contributed by atoms with Gasteiger partial charge in [0.15, 0.2) is 0 Å². The van der Waals surface area contributed by atoms with E-state index < -0.39 is 48.2 Å². The van der Waals surface area contributed by atoms with Crippen LogP contribution in [0.4, 0.5) is 13.2 Å². The van der Waals surface area contributed by atoms with Crippen LogP contribution in [0.15, 0.2) is 48.5 Å². The zero-order chi connectivity index (χ0) is 26.9. The number of hydrogen-bond acceptors (Lipinski definition) is 4. The topological polar surface area (TPSA) is 36.9 Å². The molecule has 2 aromatic carbocycles. The Morgan fingerprint density at radius 3 is 1.17 bits per heavy atom. The second kappa shape index (κ2) is 8.35. The molecule has 0 bridgehead atoms. The van der Waals surface area contributed by atoms with Gasteiger partial charge in [-0.05, 0) is 84.4 Å². The summed E-state index contributed by atoms with van der Waals surface area (Å²) < 4.78 is 69.0. The van der Waals surface area contributed by atoms with Crippen molar-refractivity contribution < 1.29 is 31.8 Å². The van der Waals surface area contributed by atoms with E-state index in [2.05, 4.69) is 0 Å². The zero-order valence-electron chi connectivity index (χ0n) is 22.5. The largest absolute Gasteiger partial charge is 0.494 e. The summed E-state index contributed by atoms with van der Waals surface area (Å²) in [5.74, 6) is 0. The fourth-order valence-electron chi connectivity index (χ4n) is 4.44. The van der Waals surface area contributed by atoms with Crippen molar-refractivity contribution in [3.8, 4) is 0 Å². The van der Waals surface area contributed by atoms with E-state index in [-0.39, 0.29) is 11.1 Å². The normalized spacial score (nSPS) is 22.8. The number of alkyl halides is 3. The van der Waals surface area contributed by atoms with Gasteiger partial charge >= 0.3 is 20.4 Å². The third-order valence-corrected chi connectivity index (χ3v) is 8.55. The highest BCUT2D eigenvalue weighted by Crippen LogP contribution is 2.46. The molecule has 2 aliphatic rings. The molecule has 0 spiro atoms. The molecule has 9 heteroatoms. The number of rotatable bonds is 4. The van der Waals surface area contributed by atoms with Gasteiger partial charge in [-0.25, -0.2) is 0 Å². The van der Waals surface area contributed by atoms with Crippen LogP contribution in [0.1, 0.15) is 73.4 Å². The van der Waals surface area contributed by atoms with Gasteiger partial charge in [0.05, 0.1) is 22.4 Å². The van der Waals surface area contributed by atoms with Gasteiger partial charge in [0.2, 0.25) is 0 Å². The summed E-state index contributed by atoms with van der Waals surface area (Å²) in [7, 11) is -1.52. The van der Waals surface area contributed by atoms with E-state index in [9.17, 15) is 13.2 Å². The number of benzene rings is 2. The Hall–Kier alpha value is -1.80. The third kappa shape index (κ3) is 4.32.